The topological polar surface area (TPSA) is 92.7 Å². The zero-order chi connectivity index (χ0) is 11.4. The summed E-state index contributed by atoms with van der Waals surface area (Å²) in [6.45, 7) is 2.86. The number of nitrogens with one attached hydrogen (secondary N) is 1. The van der Waals surface area contributed by atoms with Crippen LogP contribution in [-0.4, -0.2) is 35.6 Å². The Bertz CT molecular complexity index is 258. The van der Waals surface area contributed by atoms with Gasteiger partial charge in [0, 0.05) is 0 Å². The van der Waals surface area contributed by atoms with Crippen LogP contribution in [0.2, 0.25) is 0 Å². The number of carboxylic acids is 1. The van der Waals surface area contributed by atoms with E-state index in [0.717, 1.165) is 0 Å². The van der Waals surface area contributed by atoms with Crippen LogP contribution < -0.4 is 5.32 Å². The van der Waals surface area contributed by atoms with E-state index in [9.17, 15) is 14.4 Å². The smallest absolute Gasteiger partial charge is 0.330 e. The number of esters is 1. The minimum Gasteiger partial charge on any atom is -0.481 e. The Morgan fingerprint density at radius 3 is 2.21 bits per heavy atom. The quantitative estimate of drug-likeness (QED) is 0.476. The molecule has 80 valence electrons. The monoisotopic (exact) mass is 203 g/mol. The highest BCUT2D eigenvalue weighted by Crippen LogP contribution is 2.04. The van der Waals surface area contributed by atoms with E-state index >= 15 is 0 Å². The molecule has 0 aliphatic carbocycles. The van der Waals surface area contributed by atoms with E-state index in [1.54, 1.807) is 0 Å². The van der Waals surface area contributed by atoms with Crippen molar-refractivity contribution >= 4 is 17.8 Å². The van der Waals surface area contributed by atoms with Gasteiger partial charge in [0.2, 0.25) is 5.91 Å². The number of ether oxygens (including phenoxy) is 1. The van der Waals surface area contributed by atoms with Gasteiger partial charge in [0.05, 0.1) is 7.11 Å². The summed E-state index contributed by atoms with van der Waals surface area (Å²) in [6, 6.07) is 0. The molecule has 0 rings (SSSR count). The summed E-state index contributed by atoms with van der Waals surface area (Å²) < 4.78 is 4.42. The molecular formula is C8H13NO5. The fourth-order valence-corrected chi connectivity index (χ4v) is 0.836. The number of carbonyl (C=O) groups is 3. The summed E-state index contributed by atoms with van der Waals surface area (Å²) >= 11 is 0. The number of methoxy groups -OCH3 is 1. The predicted molar refractivity (Wildman–Crippen MR) is 46.5 cm³/mol. The fourth-order valence-electron chi connectivity index (χ4n) is 0.836. The molecule has 2 N–H and O–H groups in total. The van der Waals surface area contributed by atoms with Crippen molar-refractivity contribution in [2.24, 2.45) is 0 Å². The van der Waals surface area contributed by atoms with Crippen LogP contribution in [0.1, 0.15) is 20.3 Å². The van der Waals surface area contributed by atoms with Gasteiger partial charge in [-0.1, -0.05) is 0 Å². The van der Waals surface area contributed by atoms with Gasteiger partial charge < -0.3 is 15.2 Å². The zero-order valence-corrected chi connectivity index (χ0v) is 8.29. The van der Waals surface area contributed by atoms with Crippen LogP contribution >= 0.6 is 0 Å². The van der Waals surface area contributed by atoms with Gasteiger partial charge in [-0.2, -0.15) is 0 Å². The Balaban J connectivity index is 4.29. The highest BCUT2D eigenvalue weighted by Gasteiger charge is 2.30. The maximum Gasteiger partial charge on any atom is 0.330 e. The lowest BCUT2D eigenvalue weighted by Crippen LogP contribution is -2.50. The summed E-state index contributed by atoms with van der Waals surface area (Å²) in [7, 11) is 1.19. The van der Waals surface area contributed by atoms with Crippen molar-refractivity contribution in [2.75, 3.05) is 7.11 Å². The Kier molecular flexibility index (Phi) is 4.07. The third-order valence-electron chi connectivity index (χ3n) is 1.46. The lowest BCUT2D eigenvalue weighted by molar-refractivity contribution is -0.150. The number of hydrogen-bond donors (Lipinski definition) is 2. The van der Waals surface area contributed by atoms with E-state index in [0.29, 0.717) is 0 Å². The fraction of sp³-hybridized carbons (Fsp3) is 0.625. The van der Waals surface area contributed by atoms with Gasteiger partial charge >= 0.3 is 11.9 Å². The van der Waals surface area contributed by atoms with Gasteiger partial charge in [-0.05, 0) is 13.8 Å². The number of aliphatic carboxylic acids is 1. The van der Waals surface area contributed by atoms with E-state index in [2.05, 4.69) is 10.1 Å². The van der Waals surface area contributed by atoms with E-state index in [4.69, 9.17) is 5.11 Å². The molecule has 0 spiro atoms. The first kappa shape index (κ1) is 12.4. The first-order valence-electron chi connectivity index (χ1n) is 3.91. The SMILES string of the molecule is COC(=O)C(C)(C)NC(=O)CC(=O)O. The van der Waals surface area contributed by atoms with E-state index in [1.807, 2.05) is 0 Å². The van der Waals surface area contributed by atoms with E-state index in [-0.39, 0.29) is 0 Å². The second kappa shape index (κ2) is 4.59. The Hall–Kier alpha value is -1.59. The largest absolute Gasteiger partial charge is 0.481 e. The molecule has 0 radical (unpaired) electrons. The van der Waals surface area contributed by atoms with Crippen LogP contribution in [0.4, 0.5) is 0 Å². The molecule has 6 nitrogen and oxygen atoms in total. The molecule has 0 unspecified atom stereocenters. The van der Waals surface area contributed by atoms with Crippen molar-refractivity contribution in [1.29, 1.82) is 0 Å². The molecule has 14 heavy (non-hydrogen) atoms. The average molecular weight is 203 g/mol. The molecule has 0 saturated heterocycles. The molecule has 0 aliphatic rings. The standard InChI is InChI=1S/C8H13NO5/c1-8(2,7(13)14-3)9-5(10)4-6(11)12/h4H2,1-3H3,(H,9,10)(H,11,12). The van der Waals surface area contributed by atoms with Gasteiger partial charge in [-0.3, -0.25) is 9.59 Å². The van der Waals surface area contributed by atoms with Crippen LogP contribution in [-0.2, 0) is 19.1 Å². The Morgan fingerprint density at radius 2 is 1.86 bits per heavy atom. The third kappa shape index (κ3) is 3.88. The second-order valence-electron chi connectivity index (χ2n) is 3.24. The minimum absolute atomic E-state index is 0.628. The molecule has 0 aromatic carbocycles. The number of carboxylic acid groups (broad SMARTS) is 1. The van der Waals surface area contributed by atoms with Crippen molar-refractivity contribution in [3.8, 4) is 0 Å². The average Bonchev–Trinajstić information content (AvgIpc) is 1.99. The molecule has 0 bridgehead atoms. The molecule has 6 heteroatoms. The molecule has 0 aromatic heterocycles. The summed E-state index contributed by atoms with van der Waals surface area (Å²) in [4.78, 5) is 32.2. The van der Waals surface area contributed by atoms with Crippen molar-refractivity contribution in [2.45, 2.75) is 25.8 Å². The predicted octanol–water partition coefficient (Wildman–Crippen LogP) is -0.471. The van der Waals surface area contributed by atoms with Gasteiger partial charge in [-0.15, -0.1) is 0 Å². The third-order valence-corrected chi connectivity index (χ3v) is 1.46. The van der Waals surface area contributed by atoms with Crippen LogP contribution in [0.15, 0.2) is 0 Å². The molecular weight excluding hydrogens is 190 g/mol. The van der Waals surface area contributed by atoms with Gasteiger partial charge in [0.25, 0.3) is 0 Å². The molecule has 0 fully saturated rings. The molecule has 0 atom stereocenters. The minimum atomic E-state index is -1.25. The molecule has 0 heterocycles. The molecule has 0 aromatic rings. The Morgan fingerprint density at radius 1 is 1.36 bits per heavy atom. The molecule has 1 amide bonds. The lowest BCUT2D eigenvalue weighted by Gasteiger charge is -2.22. The van der Waals surface area contributed by atoms with Gasteiger partial charge in [0.1, 0.15) is 12.0 Å². The summed E-state index contributed by atoms with van der Waals surface area (Å²) in [5.41, 5.74) is -1.21. The lowest BCUT2D eigenvalue weighted by atomic mass is 10.1. The van der Waals surface area contributed by atoms with Crippen molar-refractivity contribution < 1.29 is 24.2 Å². The zero-order valence-electron chi connectivity index (χ0n) is 8.29. The molecule has 0 saturated carbocycles. The number of hydrogen-bond acceptors (Lipinski definition) is 4. The summed E-state index contributed by atoms with van der Waals surface area (Å²) in [5.74, 6) is -2.60. The van der Waals surface area contributed by atoms with Crippen molar-refractivity contribution in [3.05, 3.63) is 0 Å². The van der Waals surface area contributed by atoms with Crippen LogP contribution in [0.3, 0.4) is 0 Å². The maximum atomic E-state index is 11.1. The summed E-state index contributed by atoms with van der Waals surface area (Å²) in [5, 5.41) is 10.5. The normalized spacial score (nSPS) is 10.5. The summed E-state index contributed by atoms with van der Waals surface area (Å²) in [6.07, 6.45) is -0.666. The molecule has 0 aliphatic heterocycles. The maximum absolute atomic E-state index is 11.1. The van der Waals surface area contributed by atoms with Crippen molar-refractivity contribution in [3.63, 3.8) is 0 Å². The number of amides is 1. The van der Waals surface area contributed by atoms with E-state index < -0.39 is 29.8 Å². The van der Waals surface area contributed by atoms with Crippen LogP contribution in [0.25, 0.3) is 0 Å². The number of rotatable bonds is 4. The van der Waals surface area contributed by atoms with Gasteiger partial charge in [-0.25, -0.2) is 4.79 Å². The Labute approximate surface area is 81.2 Å². The highest BCUT2D eigenvalue weighted by atomic mass is 16.5. The first-order chi connectivity index (χ1) is 6.29. The van der Waals surface area contributed by atoms with Crippen LogP contribution in [0.5, 0.6) is 0 Å². The number of carbonyl (C=O) groups excluding carboxylic acids is 2. The first-order valence-corrected chi connectivity index (χ1v) is 3.91. The van der Waals surface area contributed by atoms with E-state index in [1.165, 1.54) is 21.0 Å². The van der Waals surface area contributed by atoms with Crippen LogP contribution in [0, 0.1) is 0 Å². The van der Waals surface area contributed by atoms with Gasteiger partial charge in [0.15, 0.2) is 0 Å². The highest BCUT2D eigenvalue weighted by molar-refractivity contribution is 5.96. The van der Waals surface area contributed by atoms with Crippen molar-refractivity contribution in [1.82, 2.24) is 5.32 Å². The second-order valence-corrected chi connectivity index (χ2v) is 3.24.